The number of carbonyl (C=O) groups is 1. The molecule has 2 heterocycles. The van der Waals surface area contributed by atoms with Gasteiger partial charge in [-0.3, -0.25) is 4.79 Å². The normalized spacial score (nSPS) is 15.1. The number of pyridine rings is 1. The Morgan fingerprint density at radius 1 is 1.28 bits per heavy atom. The number of halogens is 1. The third-order valence-electron chi connectivity index (χ3n) is 4.43. The summed E-state index contributed by atoms with van der Waals surface area (Å²) >= 11 is 5.96. The van der Waals surface area contributed by atoms with Crippen molar-refractivity contribution in [1.82, 2.24) is 20.0 Å². The first-order valence-electron chi connectivity index (χ1n) is 7.68. The third kappa shape index (κ3) is 2.62. The number of amides is 1. The maximum atomic E-state index is 11.2. The van der Waals surface area contributed by atoms with Crippen LogP contribution in [0.4, 0.5) is 0 Å². The Hall–Kier alpha value is -2.93. The van der Waals surface area contributed by atoms with Gasteiger partial charge in [0.25, 0.3) is 5.91 Å². The number of nitrogens with zero attached hydrogens (tertiary/aromatic N) is 4. The van der Waals surface area contributed by atoms with E-state index >= 15 is 0 Å². The highest BCUT2D eigenvalue weighted by Crippen LogP contribution is 2.49. The molecule has 1 saturated carbocycles. The smallest absolute Gasteiger partial charge is 0.271 e. The molecule has 1 amide bonds. The molecule has 3 aromatic rings. The van der Waals surface area contributed by atoms with Crippen LogP contribution in [0.3, 0.4) is 0 Å². The molecule has 126 valence electrons. The standard InChI is InChI=1S/C17H14ClN5O2/c18-12-3-1-11(2-4-12)17(5-6-17)23-9-13(21-22-23)10-7-14(24)15(16(19)25)20-8-10/h1-4,7-9,24H,5-6H2,(H2,19,25). The van der Waals surface area contributed by atoms with Crippen molar-refractivity contribution >= 4 is 17.5 Å². The van der Waals surface area contributed by atoms with Gasteiger partial charge in [0.1, 0.15) is 11.4 Å². The fourth-order valence-corrected chi connectivity index (χ4v) is 3.04. The van der Waals surface area contributed by atoms with Crippen LogP contribution < -0.4 is 5.73 Å². The summed E-state index contributed by atoms with van der Waals surface area (Å²) in [7, 11) is 0. The quantitative estimate of drug-likeness (QED) is 0.747. The molecule has 2 aromatic heterocycles. The van der Waals surface area contributed by atoms with Gasteiger partial charge >= 0.3 is 0 Å². The van der Waals surface area contributed by atoms with Crippen molar-refractivity contribution in [2.75, 3.05) is 0 Å². The average molecular weight is 356 g/mol. The van der Waals surface area contributed by atoms with E-state index in [0.29, 0.717) is 16.3 Å². The van der Waals surface area contributed by atoms with E-state index in [1.807, 2.05) is 35.1 Å². The maximum absolute atomic E-state index is 11.2. The second-order valence-electron chi connectivity index (χ2n) is 6.04. The van der Waals surface area contributed by atoms with Crippen LogP contribution in [0.25, 0.3) is 11.3 Å². The molecule has 25 heavy (non-hydrogen) atoms. The van der Waals surface area contributed by atoms with Crippen LogP contribution in [0.15, 0.2) is 42.7 Å². The lowest BCUT2D eigenvalue weighted by Gasteiger charge is -2.15. The highest BCUT2D eigenvalue weighted by atomic mass is 35.5. The number of hydrogen-bond acceptors (Lipinski definition) is 5. The summed E-state index contributed by atoms with van der Waals surface area (Å²) in [6.07, 6.45) is 5.17. The largest absolute Gasteiger partial charge is 0.505 e. The van der Waals surface area contributed by atoms with E-state index in [1.54, 1.807) is 0 Å². The van der Waals surface area contributed by atoms with Crippen LogP contribution in [0.5, 0.6) is 5.75 Å². The zero-order valence-corrected chi connectivity index (χ0v) is 13.8. The van der Waals surface area contributed by atoms with Crippen molar-refractivity contribution in [1.29, 1.82) is 0 Å². The summed E-state index contributed by atoms with van der Waals surface area (Å²) in [6.45, 7) is 0. The van der Waals surface area contributed by atoms with E-state index in [-0.39, 0.29) is 17.0 Å². The SMILES string of the molecule is NC(=O)c1ncc(-c2cn(C3(c4ccc(Cl)cc4)CC3)nn2)cc1O. The number of primary amides is 1. The fourth-order valence-electron chi connectivity index (χ4n) is 2.92. The maximum Gasteiger partial charge on any atom is 0.271 e. The third-order valence-corrected chi connectivity index (χ3v) is 4.69. The van der Waals surface area contributed by atoms with Gasteiger partial charge in [-0.05, 0) is 36.6 Å². The Balaban J connectivity index is 1.68. The van der Waals surface area contributed by atoms with Crippen LogP contribution >= 0.6 is 11.6 Å². The van der Waals surface area contributed by atoms with Crippen LogP contribution in [-0.4, -0.2) is 31.0 Å². The molecular weight excluding hydrogens is 342 g/mol. The summed E-state index contributed by atoms with van der Waals surface area (Å²) in [5.74, 6) is -1.06. The van der Waals surface area contributed by atoms with Crippen molar-refractivity contribution in [3.8, 4) is 17.0 Å². The van der Waals surface area contributed by atoms with Crippen molar-refractivity contribution < 1.29 is 9.90 Å². The predicted octanol–water partition coefficient (Wildman–Crippen LogP) is 2.34. The summed E-state index contributed by atoms with van der Waals surface area (Å²) < 4.78 is 1.82. The van der Waals surface area contributed by atoms with E-state index < -0.39 is 5.91 Å². The van der Waals surface area contributed by atoms with Crippen molar-refractivity contribution in [3.05, 3.63) is 59.0 Å². The Morgan fingerprint density at radius 2 is 2.00 bits per heavy atom. The first-order valence-corrected chi connectivity index (χ1v) is 8.05. The van der Waals surface area contributed by atoms with E-state index in [4.69, 9.17) is 17.3 Å². The number of nitrogens with two attached hydrogens (primary N) is 1. The van der Waals surface area contributed by atoms with Crippen molar-refractivity contribution in [2.24, 2.45) is 5.73 Å². The van der Waals surface area contributed by atoms with Gasteiger partial charge in [-0.25, -0.2) is 9.67 Å². The van der Waals surface area contributed by atoms with E-state index in [0.717, 1.165) is 18.4 Å². The lowest BCUT2D eigenvalue weighted by molar-refractivity contribution is 0.0993. The van der Waals surface area contributed by atoms with E-state index in [1.165, 1.54) is 12.3 Å². The zero-order valence-electron chi connectivity index (χ0n) is 13.1. The van der Waals surface area contributed by atoms with Gasteiger partial charge in [0, 0.05) is 16.8 Å². The second kappa shape index (κ2) is 5.56. The molecule has 1 aliphatic rings. The number of aromatic hydroxyl groups is 1. The van der Waals surface area contributed by atoms with Crippen molar-refractivity contribution in [3.63, 3.8) is 0 Å². The first kappa shape index (κ1) is 15.6. The Bertz CT molecular complexity index is 963. The molecule has 4 rings (SSSR count). The lowest BCUT2D eigenvalue weighted by atomic mass is 10.1. The molecule has 1 aromatic carbocycles. The van der Waals surface area contributed by atoms with Gasteiger partial charge in [0.05, 0.1) is 11.7 Å². The zero-order chi connectivity index (χ0) is 17.6. The molecule has 8 heteroatoms. The number of aromatic nitrogens is 4. The molecular formula is C17H14ClN5O2. The number of carbonyl (C=O) groups excluding carboxylic acids is 1. The van der Waals surface area contributed by atoms with Gasteiger partial charge in [0.15, 0.2) is 5.69 Å². The van der Waals surface area contributed by atoms with Gasteiger partial charge in [0.2, 0.25) is 0 Å². The highest BCUT2D eigenvalue weighted by molar-refractivity contribution is 6.30. The molecule has 0 atom stereocenters. The van der Waals surface area contributed by atoms with Crippen LogP contribution in [0.2, 0.25) is 5.02 Å². The summed E-state index contributed by atoms with van der Waals surface area (Å²) in [6, 6.07) is 9.11. The van der Waals surface area contributed by atoms with Gasteiger partial charge in [-0.2, -0.15) is 0 Å². The monoisotopic (exact) mass is 355 g/mol. The molecule has 0 spiro atoms. The molecule has 3 N–H and O–H groups in total. The van der Waals surface area contributed by atoms with Crippen LogP contribution in [0.1, 0.15) is 28.9 Å². The summed E-state index contributed by atoms with van der Waals surface area (Å²) in [4.78, 5) is 15.0. The Labute approximate surface area is 148 Å². The molecule has 0 bridgehead atoms. The van der Waals surface area contributed by atoms with Crippen LogP contribution in [0, 0.1) is 0 Å². The molecule has 1 aliphatic carbocycles. The fraction of sp³-hybridized carbons (Fsp3) is 0.176. The molecule has 1 fully saturated rings. The van der Waals surface area contributed by atoms with E-state index in [9.17, 15) is 9.90 Å². The minimum absolute atomic E-state index is 0.170. The first-order chi connectivity index (χ1) is 12.0. The van der Waals surface area contributed by atoms with E-state index in [2.05, 4.69) is 15.3 Å². The van der Waals surface area contributed by atoms with Crippen molar-refractivity contribution in [2.45, 2.75) is 18.4 Å². The molecule has 7 nitrogen and oxygen atoms in total. The topological polar surface area (TPSA) is 107 Å². The second-order valence-corrected chi connectivity index (χ2v) is 6.48. The number of benzene rings is 1. The molecule has 0 saturated heterocycles. The van der Waals surface area contributed by atoms with Crippen LogP contribution in [-0.2, 0) is 5.54 Å². The Morgan fingerprint density at radius 3 is 2.60 bits per heavy atom. The average Bonchev–Trinajstić information content (AvgIpc) is 3.24. The lowest BCUT2D eigenvalue weighted by Crippen LogP contribution is -2.19. The predicted molar refractivity (Wildman–Crippen MR) is 91.2 cm³/mol. The minimum Gasteiger partial charge on any atom is -0.505 e. The molecule has 0 aliphatic heterocycles. The number of hydrogen-bond donors (Lipinski definition) is 2. The van der Waals surface area contributed by atoms with Gasteiger partial charge in [-0.15, -0.1) is 5.10 Å². The Kier molecular flexibility index (Phi) is 3.47. The molecule has 0 unspecified atom stereocenters. The molecule has 0 radical (unpaired) electrons. The highest BCUT2D eigenvalue weighted by Gasteiger charge is 2.47. The number of rotatable bonds is 4. The summed E-state index contributed by atoms with van der Waals surface area (Å²) in [5.41, 5.74) is 7.00. The summed E-state index contributed by atoms with van der Waals surface area (Å²) in [5, 5.41) is 19.0. The minimum atomic E-state index is -0.785. The van der Waals surface area contributed by atoms with Gasteiger partial charge < -0.3 is 10.8 Å². The van der Waals surface area contributed by atoms with Gasteiger partial charge in [-0.1, -0.05) is 28.9 Å².